The van der Waals surface area contributed by atoms with E-state index in [1.807, 2.05) is 24.3 Å². The van der Waals surface area contributed by atoms with Crippen molar-refractivity contribution in [3.8, 4) is 0 Å². The number of amides is 1. The molecule has 3 rings (SSSR count). The minimum Gasteiger partial charge on any atom is -0.466 e. The Labute approximate surface area is 169 Å². The van der Waals surface area contributed by atoms with Crippen LogP contribution in [0.15, 0.2) is 30.5 Å². The number of aliphatic hydroxyl groups excluding tert-OH is 1. The fourth-order valence-electron chi connectivity index (χ4n) is 3.68. The van der Waals surface area contributed by atoms with Crippen LogP contribution >= 0.6 is 0 Å². The van der Waals surface area contributed by atoms with Crippen LogP contribution in [0.4, 0.5) is 4.79 Å². The Hall–Kier alpha value is -2.68. The molecule has 0 aromatic carbocycles. The number of ether oxygens (including phenoxy) is 2. The zero-order chi connectivity index (χ0) is 21.2. The van der Waals surface area contributed by atoms with E-state index in [2.05, 4.69) is 15.6 Å². The first-order valence-corrected chi connectivity index (χ1v) is 9.80. The lowest BCUT2D eigenvalue weighted by Crippen LogP contribution is -2.43. The number of aliphatic hydroxyl groups is 1. The number of hydrogen-bond donors (Lipinski definition) is 2. The summed E-state index contributed by atoms with van der Waals surface area (Å²) in [6, 6.07) is -1.24. The van der Waals surface area contributed by atoms with E-state index in [0.717, 1.165) is 5.69 Å². The molecule has 1 amide bonds. The lowest BCUT2D eigenvalue weighted by molar-refractivity contribution is -0.151. The first-order chi connectivity index (χ1) is 13.7. The molecule has 4 atom stereocenters. The van der Waals surface area contributed by atoms with Crippen LogP contribution in [0.2, 0.25) is 0 Å². The molecule has 1 aromatic heterocycles. The third-order valence-corrected chi connectivity index (χ3v) is 4.90. The molecule has 1 saturated carbocycles. The third-order valence-electron chi connectivity index (χ3n) is 4.90. The Morgan fingerprint density at radius 3 is 2.62 bits per heavy atom. The zero-order valence-corrected chi connectivity index (χ0v) is 17.1. The molecule has 0 bridgehead atoms. The molecule has 1 aromatic rings. The van der Waals surface area contributed by atoms with E-state index >= 15 is 0 Å². The van der Waals surface area contributed by atoms with Gasteiger partial charge in [-0.25, -0.2) is 9.48 Å². The normalized spacial score (nSPS) is 26.7. The summed E-state index contributed by atoms with van der Waals surface area (Å²) in [7, 11) is 0. The van der Waals surface area contributed by atoms with Crippen molar-refractivity contribution in [1.29, 1.82) is 0 Å². The minimum atomic E-state index is -1.09. The quantitative estimate of drug-likeness (QED) is 0.720. The predicted molar refractivity (Wildman–Crippen MR) is 104 cm³/mol. The Balaban J connectivity index is 1.83. The van der Waals surface area contributed by atoms with E-state index in [0.29, 0.717) is 0 Å². The van der Waals surface area contributed by atoms with Gasteiger partial charge < -0.3 is 19.9 Å². The van der Waals surface area contributed by atoms with Crippen LogP contribution in [0.5, 0.6) is 0 Å². The molecule has 0 aliphatic heterocycles. The van der Waals surface area contributed by atoms with Gasteiger partial charge in [0.2, 0.25) is 0 Å². The molecule has 1 heterocycles. The number of nitrogens with zero attached hydrogens (tertiary/aromatic N) is 3. The van der Waals surface area contributed by atoms with Gasteiger partial charge in [0.15, 0.2) is 0 Å². The van der Waals surface area contributed by atoms with E-state index in [-0.39, 0.29) is 18.9 Å². The van der Waals surface area contributed by atoms with Gasteiger partial charge in [-0.1, -0.05) is 29.5 Å². The van der Waals surface area contributed by atoms with Gasteiger partial charge in [-0.15, -0.1) is 5.10 Å². The van der Waals surface area contributed by atoms with Crippen LogP contribution in [-0.4, -0.2) is 56.5 Å². The summed E-state index contributed by atoms with van der Waals surface area (Å²) in [4.78, 5) is 24.6. The van der Waals surface area contributed by atoms with Gasteiger partial charge in [-0.2, -0.15) is 0 Å². The summed E-state index contributed by atoms with van der Waals surface area (Å²) < 4.78 is 11.9. The number of aromatic nitrogens is 3. The Morgan fingerprint density at radius 1 is 1.31 bits per heavy atom. The van der Waals surface area contributed by atoms with Gasteiger partial charge in [0.05, 0.1) is 30.4 Å². The van der Waals surface area contributed by atoms with Crippen LogP contribution in [0.25, 0.3) is 0 Å². The summed E-state index contributed by atoms with van der Waals surface area (Å²) in [5.74, 6) is -1.26. The second-order valence-corrected chi connectivity index (χ2v) is 8.25. The summed E-state index contributed by atoms with van der Waals surface area (Å²) in [5, 5.41) is 22.0. The number of hydrogen-bond acceptors (Lipinski definition) is 7. The Morgan fingerprint density at radius 2 is 2.00 bits per heavy atom. The molecular formula is C20H28N4O5. The molecule has 1 fully saturated rings. The van der Waals surface area contributed by atoms with Gasteiger partial charge in [-0.05, 0) is 34.1 Å². The van der Waals surface area contributed by atoms with Crippen molar-refractivity contribution in [2.45, 2.75) is 63.8 Å². The molecule has 0 saturated heterocycles. The molecule has 2 N–H and O–H groups in total. The number of carbonyl (C=O) groups excluding carboxylic acids is 2. The number of esters is 1. The lowest BCUT2D eigenvalue weighted by atomic mass is 10.1. The maximum atomic E-state index is 12.3. The molecule has 0 spiro atoms. The smallest absolute Gasteiger partial charge is 0.407 e. The SMILES string of the molecule is CCOC(=O)[C@@H]1C[C@H](NC(=O)OC(C)(C)C)[C@@H](n2cc(C3C=CC=C3)nn2)[C@@H]1O. The van der Waals surface area contributed by atoms with Gasteiger partial charge in [0, 0.05) is 12.1 Å². The average molecular weight is 404 g/mol. The number of nitrogens with one attached hydrogen (secondary N) is 1. The van der Waals surface area contributed by atoms with Crippen molar-refractivity contribution in [3.05, 3.63) is 36.2 Å². The van der Waals surface area contributed by atoms with Crippen molar-refractivity contribution in [2.24, 2.45) is 5.92 Å². The fourth-order valence-corrected chi connectivity index (χ4v) is 3.68. The zero-order valence-electron chi connectivity index (χ0n) is 17.1. The molecule has 29 heavy (non-hydrogen) atoms. The Kier molecular flexibility index (Phi) is 6.07. The van der Waals surface area contributed by atoms with Crippen molar-refractivity contribution < 1.29 is 24.2 Å². The molecule has 9 nitrogen and oxygen atoms in total. The number of alkyl carbamates (subject to hydrolysis) is 1. The van der Waals surface area contributed by atoms with Crippen LogP contribution < -0.4 is 5.32 Å². The van der Waals surface area contributed by atoms with Crippen LogP contribution in [-0.2, 0) is 14.3 Å². The van der Waals surface area contributed by atoms with Crippen molar-refractivity contribution in [3.63, 3.8) is 0 Å². The topological polar surface area (TPSA) is 116 Å². The highest BCUT2D eigenvalue weighted by molar-refractivity contribution is 5.74. The monoisotopic (exact) mass is 404 g/mol. The third kappa shape index (κ3) is 4.84. The molecule has 0 radical (unpaired) electrons. The van der Waals surface area contributed by atoms with E-state index in [9.17, 15) is 14.7 Å². The number of allylic oxidation sites excluding steroid dienone is 4. The van der Waals surface area contributed by atoms with Crippen LogP contribution in [0, 0.1) is 5.92 Å². The van der Waals surface area contributed by atoms with Gasteiger partial charge in [0.1, 0.15) is 11.6 Å². The second-order valence-electron chi connectivity index (χ2n) is 8.25. The highest BCUT2D eigenvalue weighted by atomic mass is 16.6. The highest BCUT2D eigenvalue weighted by Gasteiger charge is 2.49. The summed E-state index contributed by atoms with van der Waals surface area (Å²) in [6.07, 6.45) is 8.06. The van der Waals surface area contributed by atoms with Gasteiger partial charge >= 0.3 is 12.1 Å². The molecular weight excluding hydrogens is 376 g/mol. The average Bonchev–Trinajstić information content (AvgIpc) is 3.33. The van der Waals surface area contributed by atoms with E-state index in [1.165, 1.54) is 4.68 Å². The van der Waals surface area contributed by atoms with E-state index in [1.54, 1.807) is 33.9 Å². The number of carbonyl (C=O) groups is 2. The highest BCUT2D eigenvalue weighted by Crippen LogP contribution is 2.36. The first-order valence-electron chi connectivity index (χ1n) is 9.80. The maximum Gasteiger partial charge on any atom is 0.407 e. The van der Waals surface area contributed by atoms with E-state index in [4.69, 9.17) is 9.47 Å². The van der Waals surface area contributed by atoms with Crippen LogP contribution in [0.1, 0.15) is 51.8 Å². The van der Waals surface area contributed by atoms with Gasteiger partial charge in [0.25, 0.3) is 0 Å². The van der Waals surface area contributed by atoms with E-state index < -0.39 is 41.8 Å². The molecule has 0 unspecified atom stereocenters. The van der Waals surface area contributed by atoms with Crippen molar-refractivity contribution in [2.75, 3.05) is 6.61 Å². The van der Waals surface area contributed by atoms with Crippen molar-refractivity contribution >= 4 is 12.1 Å². The maximum absolute atomic E-state index is 12.3. The summed E-state index contributed by atoms with van der Waals surface area (Å²) >= 11 is 0. The molecule has 2 aliphatic rings. The van der Waals surface area contributed by atoms with Crippen LogP contribution in [0.3, 0.4) is 0 Å². The molecule has 2 aliphatic carbocycles. The van der Waals surface area contributed by atoms with Gasteiger partial charge in [-0.3, -0.25) is 4.79 Å². The Bertz CT molecular complexity index is 798. The first kappa shape index (κ1) is 21.0. The number of rotatable bonds is 5. The minimum absolute atomic E-state index is 0.0143. The lowest BCUT2D eigenvalue weighted by Gasteiger charge is -2.25. The summed E-state index contributed by atoms with van der Waals surface area (Å²) in [5.41, 5.74) is 0.0524. The van der Waals surface area contributed by atoms with Crippen molar-refractivity contribution in [1.82, 2.24) is 20.3 Å². The summed E-state index contributed by atoms with van der Waals surface area (Å²) in [6.45, 7) is 7.22. The molecule has 158 valence electrons. The fraction of sp³-hybridized carbons (Fsp3) is 0.600. The predicted octanol–water partition coefficient (Wildman–Crippen LogP) is 1.87. The molecule has 9 heteroatoms. The second kappa shape index (κ2) is 8.36. The standard InChI is InChI=1S/C20H28N4O5/c1-5-28-18(26)13-10-14(21-19(27)29-20(2,3)4)16(17(13)25)24-11-15(22-23-24)12-8-6-7-9-12/h6-9,11-14,16-17,25H,5,10H2,1-4H3,(H,21,27)/t13-,14+,16-,17-/m1/s1. The largest absolute Gasteiger partial charge is 0.466 e.